The first-order valence-electron chi connectivity index (χ1n) is 8.84. The monoisotopic (exact) mass is 330 g/mol. The Balaban J connectivity index is 1.42. The molecule has 6 nitrogen and oxygen atoms in total. The van der Waals surface area contributed by atoms with E-state index in [4.69, 9.17) is 0 Å². The van der Waals surface area contributed by atoms with Crippen LogP contribution in [-0.2, 0) is 4.79 Å². The number of likely N-dealkylation sites (tertiary alicyclic amines) is 1. The van der Waals surface area contributed by atoms with Crippen LogP contribution in [0.15, 0.2) is 30.3 Å². The third-order valence-electron chi connectivity index (χ3n) is 4.82. The molecular weight excluding hydrogens is 304 g/mol. The second kappa shape index (κ2) is 8.15. The van der Waals surface area contributed by atoms with Crippen LogP contribution in [0.3, 0.4) is 0 Å². The summed E-state index contributed by atoms with van der Waals surface area (Å²) in [5, 5.41) is 9.35. The standard InChI is InChI=1S/C18H26N4O2/c23-17(14-5-4-10-19-13-14)20-16-8-11-22(12-9-16)18(24)21-15-6-2-1-3-7-15/h1-3,6-7,14,16,19H,4-5,8-13H2,(H,20,23)(H,21,24). The van der Waals surface area contributed by atoms with E-state index in [9.17, 15) is 9.59 Å². The number of urea groups is 1. The minimum atomic E-state index is -0.0672. The molecule has 1 atom stereocenters. The predicted octanol–water partition coefficient (Wildman–Crippen LogP) is 1.80. The summed E-state index contributed by atoms with van der Waals surface area (Å²) in [4.78, 5) is 26.4. The van der Waals surface area contributed by atoms with Gasteiger partial charge >= 0.3 is 6.03 Å². The normalized spacial score (nSPS) is 22.0. The van der Waals surface area contributed by atoms with Gasteiger partial charge in [-0.15, -0.1) is 0 Å². The first kappa shape index (κ1) is 16.8. The summed E-state index contributed by atoms with van der Waals surface area (Å²) in [7, 11) is 0. The summed E-state index contributed by atoms with van der Waals surface area (Å²) in [6, 6.07) is 9.59. The Morgan fingerprint density at radius 3 is 2.50 bits per heavy atom. The number of hydrogen-bond donors (Lipinski definition) is 3. The van der Waals surface area contributed by atoms with Crippen LogP contribution in [0, 0.1) is 5.92 Å². The Kier molecular flexibility index (Phi) is 5.69. The number of nitrogens with one attached hydrogen (secondary N) is 3. The van der Waals surface area contributed by atoms with Crippen LogP contribution in [0.1, 0.15) is 25.7 Å². The topological polar surface area (TPSA) is 73.5 Å². The van der Waals surface area contributed by atoms with Gasteiger partial charge in [0.25, 0.3) is 0 Å². The number of para-hydroxylation sites is 1. The second-order valence-electron chi connectivity index (χ2n) is 6.61. The van der Waals surface area contributed by atoms with Crippen molar-refractivity contribution in [3.63, 3.8) is 0 Å². The molecule has 0 saturated carbocycles. The number of hydrogen-bond acceptors (Lipinski definition) is 3. The van der Waals surface area contributed by atoms with Gasteiger partial charge in [-0.2, -0.15) is 0 Å². The summed E-state index contributed by atoms with van der Waals surface area (Å²) in [6.45, 7) is 3.14. The highest BCUT2D eigenvalue weighted by molar-refractivity contribution is 5.89. The van der Waals surface area contributed by atoms with E-state index in [0.29, 0.717) is 13.1 Å². The zero-order chi connectivity index (χ0) is 16.8. The highest BCUT2D eigenvalue weighted by Crippen LogP contribution is 2.15. The van der Waals surface area contributed by atoms with Crippen molar-refractivity contribution in [2.75, 3.05) is 31.5 Å². The lowest BCUT2D eigenvalue weighted by molar-refractivity contribution is -0.126. The summed E-state index contributed by atoms with van der Waals surface area (Å²) in [6.07, 6.45) is 3.66. The number of rotatable bonds is 3. The third kappa shape index (κ3) is 4.47. The molecule has 1 aromatic rings. The minimum absolute atomic E-state index is 0.0672. The molecule has 24 heavy (non-hydrogen) atoms. The van der Waals surface area contributed by atoms with E-state index in [2.05, 4.69) is 16.0 Å². The van der Waals surface area contributed by atoms with Crippen molar-refractivity contribution >= 4 is 17.6 Å². The maximum atomic E-state index is 12.3. The second-order valence-corrected chi connectivity index (χ2v) is 6.61. The molecule has 1 unspecified atom stereocenters. The number of anilines is 1. The third-order valence-corrected chi connectivity index (χ3v) is 4.82. The van der Waals surface area contributed by atoms with E-state index < -0.39 is 0 Å². The molecule has 2 aliphatic rings. The first-order chi connectivity index (χ1) is 11.7. The molecule has 2 saturated heterocycles. The lowest BCUT2D eigenvalue weighted by Gasteiger charge is -2.33. The van der Waals surface area contributed by atoms with Gasteiger partial charge in [0.1, 0.15) is 0 Å². The summed E-state index contributed by atoms with van der Waals surface area (Å²) < 4.78 is 0. The fraction of sp³-hybridized carbons (Fsp3) is 0.556. The van der Waals surface area contributed by atoms with Crippen molar-refractivity contribution in [2.45, 2.75) is 31.7 Å². The largest absolute Gasteiger partial charge is 0.353 e. The highest BCUT2D eigenvalue weighted by Gasteiger charge is 2.27. The molecule has 2 heterocycles. The molecule has 3 N–H and O–H groups in total. The predicted molar refractivity (Wildman–Crippen MR) is 93.8 cm³/mol. The van der Waals surface area contributed by atoms with Crippen molar-refractivity contribution < 1.29 is 9.59 Å². The van der Waals surface area contributed by atoms with Crippen molar-refractivity contribution in [3.05, 3.63) is 30.3 Å². The Morgan fingerprint density at radius 1 is 1.08 bits per heavy atom. The number of carbonyl (C=O) groups excluding carboxylic acids is 2. The zero-order valence-corrected chi connectivity index (χ0v) is 14.0. The Bertz CT molecular complexity index is 549. The molecule has 0 spiro atoms. The summed E-state index contributed by atoms with van der Waals surface area (Å²) in [5.74, 6) is 0.257. The number of amides is 3. The van der Waals surface area contributed by atoms with E-state index >= 15 is 0 Å². The van der Waals surface area contributed by atoms with Gasteiger partial charge < -0.3 is 20.9 Å². The van der Waals surface area contributed by atoms with Gasteiger partial charge in [0, 0.05) is 31.4 Å². The molecule has 3 rings (SSSR count). The van der Waals surface area contributed by atoms with Crippen LogP contribution in [0.25, 0.3) is 0 Å². The Morgan fingerprint density at radius 2 is 1.83 bits per heavy atom. The lowest BCUT2D eigenvalue weighted by Crippen LogP contribution is -2.50. The number of nitrogens with zero attached hydrogens (tertiary/aromatic N) is 1. The average molecular weight is 330 g/mol. The molecule has 0 bridgehead atoms. The first-order valence-corrected chi connectivity index (χ1v) is 8.84. The van der Waals surface area contributed by atoms with Gasteiger partial charge in [-0.05, 0) is 44.4 Å². The van der Waals surface area contributed by atoms with Crippen molar-refractivity contribution in [2.24, 2.45) is 5.92 Å². The Hall–Kier alpha value is -2.08. The van der Waals surface area contributed by atoms with Crippen LogP contribution in [0.4, 0.5) is 10.5 Å². The molecular formula is C18H26N4O2. The molecule has 1 aromatic carbocycles. The zero-order valence-electron chi connectivity index (χ0n) is 14.0. The minimum Gasteiger partial charge on any atom is -0.353 e. The van der Waals surface area contributed by atoms with Crippen LogP contribution in [-0.4, -0.2) is 49.1 Å². The van der Waals surface area contributed by atoms with Crippen LogP contribution in [0.2, 0.25) is 0 Å². The Labute approximate surface area is 143 Å². The van der Waals surface area contributed by atoms with Gasteiger partial charge in [-0.3, -0.25) is 4.79 Å². The number of piperidine rings is 2. The summed E-state index contributed by atoms with van der Waals surface area (Å²) >= 11 is 0. The average Bonchev–Trinajstić information content (AvgIpc) is 2.64. The van der Waals surface area contributed by atoms with Gasteiger partial charge in [0.05, 0.1) is 5.92 Å². The molecule has 0 aliphatic carbocycles. The fourth-order valence-electron chi connectivity index (χ4n) is 3.35. The van der Waals surface area contributed by atoms with Crippen molar-refractivity contribution in [1.82, 2.24) is 15.5 Å². The number of carbonyl (C=O) groups is 2. The van der Waals surface area contributed by atoms with Crippen molar-refractivity contribution in [1.29, 1.82) is 0 Å². The van der Waals surface area contributed by atoms with E-state index in [1.165, 1.54) is 0 Å². The molecule has 2 fully saturated rings. The van der Waals surface area contributed by atoms with Gasteiger partial charge in [-0.25, -0.2) is 4.79 Å². The van der Waals surface area contributed by atoms with Gasteiger partial charge in [-0.1, -0.05) is 18.2 Å². The van der Waals surface area contributed by atoms with Gasteiger partial charge in [0.2, 0.25) is 5.91 Å². The highest BCUT2D eigenvalue weighted by atomic mass is 16.2. The SMILES string of the molecule is O=C(NC1CCN(C(=O)Nc2ccccc2)CC1)C1CCCNC1. The fourth-order valence-corrected chi connectivity index (χ4v) is 3.35. The molecule has 3 amide bonds. The van der Waals surface area contributed by atoms with Crippen molar-refractivity contribution in [3.8, 4) is 0 Å². The molecule has 2 aliphatic heterocycles. The smallest absolute Gasteiger partial charge is 0.321 e. The van der Waals surface area contributed by atoms with Crippen LogP contribution in [0.5, 0.6) is 0 Å². The van der Waals surface area contributed by atoms with E-state index in [1.807, 2.05) is 35.2 Å². The maximum Gasteiger partial charge on any atom is 0.321 e. The van der Waals surface area contributed by atoms with Crippen LogP contribution < -0.4 is 16.0 Å². The number of benzene rings is 1. The molecule has 130 valence electrons. The van der Waals surface area contributed by atoms with E-state index in [-0.39, 0.29) is 23.9 Å². The van der Waals surface area contributed by atoms with Crippen LogP contribution >= 0.6 is 0 Å². The summed E-state index contributed by atoms with van der Waals surface area (Å²) in [5.41, 5.74) is 0.808. The van der Waals surface area contributed by atoms with E-state index in [1.54, 1.807) is 0 Å². The quantitative estimate of drug-likeness (QED) is 0.791. The molecule has 0 aromatic heterocycles. The molecule has 0 radical (unpaired) electrons. The van der Waals surface area contributed by atoms with E-state index in [0.717, 1.165) is 44.5 Å². The lowest BCUT2D eigenvalue weighted by atomic mass is 9.97. The molecule has 6 heteroatoms. The maximum absolute atomic E-state index is 12.3. The van der Waals surface area contributed by atoms with Gasteiger partial charge in [0.15, 0.2) is 0 Å².